The number of nitrogens with zero attached hydrogens (tertiary/aromatic N) is 3. The molecule has 0 bridgehead atoms. The summed E-state index contributed by atoms with van der Waals surface area (Å²) in [5.74, 6) is 1.88. The number of thioether (sulfide) groups is 1. The Balaban J connectivity index is 1.95. The first-order valence-corrected chi connectivity index (χ1v) is 7.70. The molecule has 1 amide bonds. The standard InChI is InChI=1S/C12H21N5OS/c1-3-14-10(18)8-19-12-16-15-11(17(12)2)9-5-4-6-13-7-9/h9,13H,3-8H2,1-2H3,(H,14,18)/t9-/m1/s1. The Bertz CT molecular complexity index is 428. The summed E-state index contributed by atoms with van der Waals surface area (Å²) in [5.41, 5.74) is 0. The number of amides is 1. The molecule has 0 spiro atoms. The molecule has 2 N–H and O–H groups in total. The predicted octanol–water partition coefficient (Wildman–Crippen LogP) is 0.510. The smallest absolute Gasteiger partial charge is 0.230 e. The molecule has 0 radical (unpaired) electrons. The van der Waals surface area contributed by atoms with Gasteiger partial charge in [0.15, 0.2) is 5.16 Å². The van der Waals surface area contributed by atoms with Gasteiger partial charge in [0.05, 0.1) is 5.75 Å². The van der Waals surface area contributed by atoms with E-state index in [0.29, 0.717) is 18.2 Å². The minimum Gasteiger partial charge on any atom is -0.356 e. The van der Waals surface area contributed by atoms with Crippen molar-refractivity contribution in [3.8, 4) is 0 Å². The van der Waals surface area contributed by atoms with E-state index >= 15 is 0 Å². The van der Waals surface area contributed by atoms with Crippen LogP contribution in [0, 0.1) is 0 Å². The summed E-state index contributed by atoms with van der Waals surface area (Å²) >= 11 is 1.44. The number of carbonyl (C=O) groups excluding carboxylic acids is 1. The first-order chi connectivity index (χ1) is 9.22. The molecule has 0 aliphatic carbocycles. The summed E-state index contributed by atoms with van der Waals surface area (Å²) in [4.78, 5) is 11.4. The molecule has 1 fully saturated rings. The Morgan fingerprint density at radius 2 is 2.42 bits per heavy atom. The van der Waals surface area contributed by atoms with Gasteiger partial charge >= 0.3 is 0 Å². The van der Waals surface area contributed by atoms with Crippen molar-refractivity contribution in [3.05, 3.63) is 5.82 Å². The van der Waals surface area contributed by atoms with Crippen LogP contribution in [0.25, 0.3) is 0 Å². The molecule has 1 aliphatic heterocycles. The van der Waals surface area contributed by atoms with Crippen LogP contribution in [0.3, 0.4) is 0 Å². The molecule has 1 saturated heterocycles. The molecule has 1 aromatic rings. The van der Waals surface area contributed by atoms with Crippen LogP contribution in [0.15, 0.2) is 5.16 Å². The third-order valence-electron chi connectivity index (χ3n) is 3.24. The zero-order valence-corrected chi connectivity index (χ0v) is 12.3. The highest BCUT2D eigenvalue weighted by atomic mass is 32.2. The Morgan fingerprint density at radius 3 is 3.11 bits per heavy atom. The molecule has 2 rings (SSSR count). The topological polar surface area (TPSA) is 71.8 Å². The molecule has 2 heterocycles. The number of rotatable bonds is 5. The van der Waals surface area contributed by atoms with Crippen LogP contribution in [0.1, 0.15) is 31.5 Å². The average molecular weight is 283 g/mol. The highest BCUT2D eigenvalue weighted by molar-refractivity contribution is 7.99. The average Bonchev–Trinajstić information content (AvgIpc) is 2.79. The summed E-state index contributed by atoms with van der Waals surface area (Å²) < 4.78 is 2.02. The molecule has 7 heteroatoms. The minimum atomic E-state index is 0.0383. The van der Waals surface area contributed by atoms with E-state index in [-0.39, 0.29) is 5.91 Å². The fourth-order valence-corrected chi connectivity index (χ4v) is 3.01. The third-order valence-corrected chi connectivity index (χ3v) is 4.26. The van der Waals surface area contributed by atoms with Gasteiger partial charge in [0.2, 0.25) is 5.91 Å². The molecule has 0 saturated carbocycles. The van der Waals surface area contributed by atoms with Crippen LogP contribution in [0.5, 0.6) is 0 Å². The molecule has 1 atom stereocenters. The van der Waals surface area contributed by atoms with Gasteiger partial charge in [-0.05, 0) is 26.3 Å². The maximum atomic E-state index is 11.4. The van der Waals surface area contributed by atoms with Crippen LogP contribution in [-0.4, -0.2) is 46.1 Å². The summed E-state index contributed by atoms with van der Waals surface area (Å²) in [5, 5.41) is 15.4. The zero-order chi connectivity index (χ0) is 13.7. The molecule has 6 nitrogen and oxygen atoms in total. The van der Waals surface area contributed by atoms with Gasteiger partial charge in [-0.25, -0.2) is 0 Å². The van der Waals surface area contributed by atoms with Crippen LogP contribution in [-0.2, 0) is 11.8 Å². The van der Waals surface area contributed by atoms with E-state index in [9.17, 15) is 4.79 Å². The van der Waals surface area contributed by atoms with Crippen molar-refractivity contribution in [3.63, 3.8) is 0 Å². The van der Waals surface area contributed by atoms with Gasteiger partial charge < -0.3 is 15.2 Å². The largest absolute Gasteiger partial charge is 0.356 e. The normalized spacial score (nSPS) is 19.4. The van der Waals surface area contributed by atoms with E-state index in [1.807, 2.05) is 18.5 Å². The van der Waals surface area contributed by atoms with Crippen LogP contribution in [0.2, 0.25) is 0 Å². The van der Waals surface area contributed by atoms with Crippen molar-refractivity contribution in [1.82, 2.24) is 25.4 Å². The summed E-state index contributed by atoms with van der Waals surface area (Å²) in [6.45, 7) is 4.64. The van der Waals surface area contributed by atoms with Crippen molar-refractivity contribution in [2.24, 2.45) is 7.05 Å². The molecule has 1 aliphatic rings. The molecular weight excluding hydrogens is 262 g/mol. The van der Waals surface area contributed by atoms with E-state index in [0.717, 1.165) is 30.5 Å². The van der Waals surface area contributed by atoms with Crippen LogP contribution >= 0.6 is 11.8 Å². The molecule has 1 aromatic heterocycles. The van der Waals surface area contributed by atoms with Crippen molar-refractivity contribution in [2.45, 2.75) is 30.8 Å². The molecule has 106 valence electrons. The van der Waals surface area contributed by atoms with Crippen molar-refractivity contribution < 1.29 is 4.79 Å². The van der Waals surface area contributed by atoms with Gasteiger partial charge in [0.1, 0.15) is 5.82 Å². The number of piperidine rings is 1. The van der Waals surface area contributed by atoms with Gasteiger partial charge in [0.25, 0.3) is 0 Å². The second kappa shape index (κ2) is 6.91. The maximum Gasteiger partial charge on any atom is 0.230 e. The van der Waals surface area contributed by atoms with E-state index in [1.165, 1.54) is 18.2 Å². The Hall–Kier alpha value is -1.08. The summed E-state index contributed by atoms with van der Waals surface area (Å²) in [6, 6.07) is 0. The second-order valence-corrected chi connectivity index (χ2v) is 5.63. The lowest BCUT2D eigenvalue weighted by atomic mass is 9.99. The Labute approximate surface area is 117 Å². The monoisotopic (exact) mass is 283 g/mol. The van der Waals surface area contributed by atoms with Gasteiger partial charge in [0, 0.05) is 26.1 Å². The van der Waals surface area contributed by atoms with Crippen LogP contribution < -0.4 is 10.6 Å². The maximum absolute atomic E-state index is 11.4. The molecule has 19 heavy (non-hydrogen) atoms. The lowest BCUT2D eigenvalue weighted by Crippen LogP contribution is -2.29. The fraction of sp³-hybridized carbons (Fsp3) is 0.750. The Kier molecular flexibility index (Phi) is 5.21. The number of aromatic nitrogens is 3. The quantitative estimate of drug-likeness (QED) is 0.771. The number of hydrogen-bond acceptors (Lipinski definition) is 5. The Morgan fingerprint density at radius 1 is 1.58 bits per heavy atom. The highest BCUT2D eigenvalue weighted by Crippen LogP contribution is 2.24. The zero-order valence-electron chi connectivity index (χ0n) is 11.5. The van der Waals surface area contributed by atoms with Crippen molar-refractivity contribution in [2.75, 3.05) is 25.4 Å². The third kappa shape index (κ3) is 3.70. The number of carbonyl (C=O) groups is 1. The number of nitrogens with one attached hydrogen (secondary N) is 2. The molecule has 0 aromatic carbocycles. The SMILES string of the molecule is CCNC(=O)CSc1nnc([C@@H]2CCCNC2)n1C. The number of hydrogen-bond donors (Lipinski definition) is 2. The van der Waals surface area contributed by atoms with E-state index in [1.54, 1.807) is 0 Å². The first-order valence-electron chi connectivity index (χ1n) is 6.72. The van der Waals surface area contributed by atoms with Gasteiger partial charge in [-0.2, -0.15) is 0 Å². The fourth-order valence-electron chi connectivity index (χ4n) is 2.26. The molecule has 0 unspecified atom stereocenters. The van der Waals surface area contributed by atoms with Gasteiger partial charge in [-0.15, -0.1) is 10.2 Å². The van der Waals surface area contributed by atoms with E-state index < -0.39 is 0 Å². The summed E-state index contributed by atoms with van der Waals surface area (Å²) in [6.07, 6.45) is 2.33. The minimum absolute atomic E-state index is 0.0383. The highest BCUT2D eigenvalue weighted by Gasteiger charge is 2.21. The van der Waals surface area contributed by atoms with Gasteiger partial charge in [-0.3, -0.25) is 4.79 Å². The lowest BCUT2D eigenvalue weighted by molar-refractivity contribution is -0.118. The van der Waals surface area contributed by atoms with Crippen molar-refractivity contribution in [1.29, 1.82) is 0 Å². The lowest BCUT2D eigenvalue weighted by Gasteiger charge is -2.21. The van der Waals surface area contributed by atoms with E-state index in [4.69, 9.17) is 0 Å². The first kappa shape index (κ1) is 14.3. The predicted molar refractivity (Wildman–Crippen MR) is 75.3 cm³/mol. The molecular formula is C12H21N5OS. The second-order valence-electron chi connectivity index (χ2n) is 4.69. The van der Waals surface area contributed by atoms with Crippen LogP contribution in [0.4, 0.5) is 0 Å². The summed E-state index contributed by atoms with van der Waals surface area (Å²) in [7, 11) is 1.98. The van der Waals surface area contributed by atoms with Gasteiger partial charge in [-0.1, -0.05) is 11.8 Å². The van der Waals surface area contributed by atoms with E-state index in [2.05, 4.69) is 20.8 Å². The van der Waals surface area contributed by atoms with Crippen molar-refractivity contribution >= 4 is 17.7 Å².